The van der Waals surface area contributed by atoms with Crippen molar-refractivity contribution in [2.24, 2.45) is 11.7 Å². The van der Waals surface area contributed by atoms with Gasteiger partial charge in [-0.15, -0.1) is 0 Å². The van der Waals surface area contributed by atoms with Gasteiger partial charge in [-0.05, 0) is 24.5 Å². The zero-order valence-electron chi connectivity index (χ0n) is 9.85. The first-order valence-electron chi connectivity index (χ1n) is 5.82. The quantitative estimate of drug-likeness (QED) is 0.729. The van der Waals surface area contributed by atoms with E-state index in [4.69, 9.17) is 5.73 Å². The molecule has 0 spiro atoms. The molecule has 2 unspecified atom stereocenters. The molecular formula is C12H17N3O2. The molecule has 1 aliphatic heterocycles. The molecule has 1 fully saturated rings. The van der Waals surface area contributed by atoms with E-state index in [0.717, 1.165) is 6.42 Å². The molecule has 1 aliphatic rings. The van der Waals surface area contributed by atoms with Gasteiger partial charge in [0, 0.05) is 25.3 Å². The zero-order chi connectivity index (χ0) is 12.4. The van der Waals surface area contributed by atoms with Crippen LogP contribution in [0.4, 0.5) is 0 Å². The number of hydrogen-bond donors (Lipinski definition) is 2. The average Bonchev–Trinajstić information content (AvgIpc) is 2.32. The SMILES string of the molecule is CC1CCN(C(=O)c2ccc[nH]c2=O)CC1N. The maximum atomic E-state index is 12.1. The minimum Gasteiger partial charge on any atom is -0.337 e. The number of nitrogens with two attached hydrogens (primary N) is 1. The van der Waals surface area contributed by atoms with E-state index in [2.05, 4.69) is 11.9 Å². The Morgan fingerprint density at radius 3 is 3.00 bits per heavy atom. The standard InChI is InChI=1S/C12H17N3O2/c1-8-4-6-15(7-10(8)13)12(17)9-3-2-5-14-11(9)16/h2-3,5,8,10H,4,6-7,13H2,1H3,(H,14,16). The fourth-order valence-corrected chi connectivity index (χ4v) is 2.04. The molecule has 5 heteroatoms. The fourth-order valence-electron chi connectivity index (χ4n) is 2.04. The number of carbonyl (C=O) groups is 1. The van der Waals surface area contributed by atoms with Crippen molar-refractivity contribution < 1.29 is 4.79 Å². The lowest BCUT2D eigenvalue weighted by Gasteiger charge is -2.34. The van der Waals surface area contributed by atoms with Gasteiger partial charge in [-0.1, -0.05) is 6.92 Å². The molecule has 92 valence electrons. The van der Waals surface area contributed by atoms with Gasteiger partial charge in [0.15, 0.2) is 0 Å². The lowest BCUT2D eigenvalue weighted by atomic mass is 9.94. The van der Waals surface area contributed by atoms with Crippen LogP contribution in [0, 0.1) is 5.92 Å². The predicted molar refractivity (Wildman–Crippen MR) is 64.7 cm³/mol. The fraction of sp³-hybridized carbons (Fsp3) is 0.500. The van der Waals surface area contributed by atoms with Gasteiger partial charge in [0.05, 0.1) is 0 Å². The lowest BCUT2D eigenvalue weighted by Crippen LogP contribution is -2.50. The van der Waals surface area contributed by atoms with Gasteiger partial charge in [0.1, 0.15) is 5.56 Å². The second kappa shape index (κ2) is 4.71. The van der Waals surface area contributed by atoms with Gasteiger partial charge in [-0.3, -0.25) is 9.59 Å². The molecule has 0 aromatic carbocycles. The van der Waals surface area contributed by atoms with Gasteiger partial charge in [0.25, 0.3) is 11.5 Å². The molecule has 0 aliphatic carbocycles. The Balaban J connectivity index is 2.17. The highest BCUT2D eigenvalue weighted by Crippen LogP contribution is 2.16. The summed E-state index contributed by atoms with van der Waals surface area (Å²) >= 11 is 0. The number of H-pyrrole nitrogens is 1. The Morgan fingerprint density at radius 2 is 2.35 bits per heavy atom. The summed E-state index contributed by atoms with van der Waals surface area (Å²) < 4.78 is 0. The number of aromatic amines is 1. The van der Waals surface area contributed by atoms with Gasteiger partial charge in [0.2, 0.25) is 0 Å². The van der Waals surface area contributed by atoms with E-state index < -0.39 is 0 Å². The van der Waals surface area contributed by atoms with E-state index >= 15 is 0 Å². The van der Waals surface area contributed by atoms with Crippen LogP contribution in [0.5, 0.6) is 0 Å². The van der Waals surface area contributed by atoms with E-state index in [9.17, 15) is 9.59 Å². The van der Waals surface area contributed by atoms with Gasteiger partial charge >= 0.3 is 0 Å². The third-order valence-electron chi connectivity index (χ3n) is 3.35. The summed E-state index contributed by atoms with van der Waals surface area (Å²) in [6, 6.07) is 3.20. The monoisotopic (exact) mass is 235 g/mol. The van der Waals surface area contributed by atoms with Gasteiger partial charge in [-0.2, -0.15) is 0 Å². The number of likely N-dealkylation sites (tertiary alicyclic amines) is 1. The van der Waals surface area contributed by atoms with Crippen molar-refractivity contribution >= 4 is 5.91 Å². The van der Waals surface area contributed by atoms with Crippen LogP contribution >= 0.6 is 0 Å². The lowest BCUT2D eigenvalue weighted by molar-refractivity contribution is 0.0670. The largest absolute Gasteiger partial charge is 0.337 e. The highest BCUT2D eigenvalue weighted by molar-refractivity contribution is 5.93. The molecule has 0 saturated carbocycles. The molecule has 1 saturated heterocycles. The molecule has 0 bridgehead atoms. The van der Waals surface area contributed by atoms with Gasteiger partial charge < -0.3 is 15.6 Å². The minimum absolute atomic E-state index is 0.00417. The van der Waals surface area contributed by atoms with Crippen molar-refractivity contribution in [2.45, 2.75) is 19.4 Å². The summed E-state index contributed by atoms with van der Waals surface area (Å²) in [7, 11) is 0. The molecule has 0 radical (unpaired) electrons. The molecule has 2 heterocycles. The summed E-state index contributed by atoms with van der Waals surface area (Å²) in [6.07, 6.45) is 2.40. The molecule has 2 rings (SSSR count). The van der Waals surface area contributed by atoms with Crippen molar-refractivity contribution in [3.8, 4) is 0 Å². The molecule has 2 atom stereocenters. The smallest absolute Gasteiger partial charge is 0.260 e. The topological polar surface area (TPSA) is 79.2 Å². The van der Waals surface area contributed by atoms with Gasteiger partial charge in [-0.25, -0.2) is 0 Å². The van der Waals surface area contributed by atoms with Crippen LogP contribution in [0.2, 0.25) is 0 Å². The summed E-state index contributed by atoms with van der Waals surface area (Å²) in [6.45, 7) is 3.28. The van der Waals surface area contributed by atoms with Crippen molar-refractivity contribution in [1.82, 2.24) is 9.88 Å². The van der Waals surface area contributed by atoms with Crippen molar-refractivity contribution in [2.75, 3.05) is 13.1 Å². The second-order valence-corrected chi connectivity index (χ2v) is 4.59. The van der Waals surface area contributed by atoms with E-state index in [0.29, 0.717) is 19.0 Å². The second-order valence-electron chi connectivity index (χ2n) is 4.59. The predicted octanol–water partition coefficient (Wildman–Crippen LogP) is 0.184. The Bertz CT molecular complexity index is 469. The van der Waals surface area contributed by atoms with Crippen LogP contribution in [-0.2, 0) is 0 Å². The molecule has 3 N–H and O–H groups in total. The maximum absolute atomic E-state index is 12.1. The van der Waals surface area contributed by atoms with Crippen molar-refractivity contribution in [3.63, 3.8) is 0 Å². The molecule has 5 nitrogen and oxygen atoms in total. The first-order valence-corrected chi connectivity index (χ1v) is 5.82. The Kier molecular flexibility index (Phi) is 3.28. The molecule has 1 aromatic rings. The maximum Gasteiger partial charge on any atom is 0.260 e. The van der Waals surface area contributed by atoms with E-state index in [-0.39, 0.29) is 23.1 Å². The average molecular weight is 235 g/mol. The number of carbonyl (C=O) groups excluding carboxylic acids is 1. The van der Waals surface area contributed by atoms with Crippen LogP contribution in [0.15, 0.2) is 23.1 Å². The van der Waals surface area contributed by atoms with E-state index in [1.165, 1.54) is 6.20 Å². The number of nitrogens with zero attached hydrogens (tertiary/aromatic N) is 1. The van der Waals surface area contributed by atoms with Crippen molar-refractivity contribution in [1.29, 1.82) is 0 Å². The number of hydrogen-bond acceptors (Lipinski definition) is 3. The molecule has 1 amide bonds. The van der Waals surface area contributed by atoms with Crippen LogP contribution in [0.1, 0.15) is 23.7 Å². The number of amides is 1. The van der Waals surface area contributed by atoms with E-state index in [1.54, 1.807) is 17.0 Å². The number of aromatic nitrogens is 1. The highest BCUT2D eigenvalue weighted by Gasteiger charge is 2.27. The number of rotatable bonds is 1. The Labute approximate surface area is 99.6 Å². The summed E-state index contributed by atoms with van der Waals surface area (Å²) in [5.74, 6) is 0.197. The summed E-state index contributed by atoms with van der Waals surface area (Å²) in [4.78, 5) is 27.8. The van der Waals surface area contributed by atoms with Crippen molar-refractivity contribution in [3.05, 3.63) is 34.2 Å². The van der Waals surface area contributed by atoms with Crippen LogP contribution in [-0.4, -0.2) is 34.9 Å². The zero-order valence-corrected chi connectivity index (χ0v) is 9.85. The van der Waals surface area contributed by atoms with Crippen LogP contribution in [0.25, 0.3) is 0 Å². The number of pyridine rings is 1. The summed E-state index contributed by atoms with van der Waals surface area (Å²) in [5, 5.41) is 0. The van der Waals surface area contributed by atoms with E-state index in [1.807, 2.05) is 0 Å². The normalized spacial score (nSPS) is 24.7. The number of nitrogens with one attached hydrogen (secondary N) is 1. The summed E-state index contributed by atoms with van der Waals surface area (Å²) in [5.41, 5.74) is 5.79. The first-order chi connectivity index (χ1) is 8.09. The third-order valence-corrected chi connectivity index (χ3v) is 3.35. The van der Waals surface area contributed by atoms with Crippen LogP contribution in [0.3, 0.4) is 0 Å². The Morgan fingerprint density at radius 1 is 1.59 bits per heavy atom. The highest BCUT2D eigenvalue weighted by atomic mass is 16.2. The molecular weight excluding hydrogens is 218 g/mol. The first kappa shape index (κ1) is 11.9. The van der Waals surface area contributed by atoms with Crippen LogP contribution < -0.4 is 11.3 Å². The molecule has 1 aromatic heterocycles. The molecule has 17 heavy (non-hydrogen) atoms. The number of piperidine rings is 1. The third kappa shape index (κ3) is 2.39. The Hall–Kier alpha value is -1.62. The minimum atomic E-state index is -0.343.